The summed E-state index contributed by atoms with van der Waals surface area (Å²) >= 11 is 6.36. The van der Waals surface area contributed by atoms with E-state index in [1.165, 1.54) is 0 Å². The Morgan fingerprint density at radius 2 is 2.08 bits per heavy atom. The summed E-state index contributed by atoms with van der Waals surface area (Å²) in [5, 5.41) is 0.425. The number of para-hydroxylation sites is 2. The van der Waals surface area contributed by atoms with E-state index in [0.29, 0.717) is 10.6 Å². The molecule has 3 heterocycles. The van der Waals surface area contributed by atoms with Crippen molar-refractivity contribution >= 4 is 28.8 Å². The van der Waals surface area contributed by atoms with Gasteiger partial charge in [-0.2, -0.15) is 8.78 Å². The Morgan fingerprint density at radius 1 is 1.23 bits per heavy atom. The highest BCUT2D eigenvalue weighted by Gasteiger charge is 2.38. The first kappa shape index (κ1) is 15.9. The number of alkyl halides is 2. The summed E-state index contributed by atoms with van der Waals surface area (Å²) in [6, 6.07) is 11.4. The van der Waals surface area contributed by atoms with Crippen LogP contribution in [0.5, 0.6) is 0 Å². The van der Waals surface area contributed by atoms with E-state index in [0.717, 1.165) is 34.4 Å². The molecule has 2 bridgehead atoms. The third kappa shape index (κ3) is 2.29. The van der Waals surface area contributed by atoms with Crippen molar-refractivity contribution in [3.8, 4) is 0 Å². The number of aromatic nitrogens is 2. The molecule has 2 aliphatic heterocycles. The highest BCUT2D eigenvalue weighted by atomic mass is 35.5. The van der Waals surface area contributed by atoms with Crippen molar-refractivity contribution in [2.24, 2.45) is 4.99 Å². The molecule has 0 saturated heterocycles. The molecule has 0 unspecified atom stereocenters. The predicted octanol–water partition coefficient (Wildman–Crippen LogP) is 4.90. The first-order valence-corrected chi connectivity index (χ1v) is 8.72. The van der Waals surface area contributed by atoms with Crippen molar-refractivity contribution in [1.82, 2.24) is 9.55 Å². The summed E-state index contributed by atoms with van der Waals surface area (Å²) in [7, 11) is 0. The van der Waals surface area contributed by atoms with Crippen molar-refractivity contribution in [3.05, 3.63) is 63.9 Å². The molecule has 4 nitrogen and oxygen atoms in total. The Labute approximate surface area is 153 Å². The number of rotatable bonds is 3. The fourth-order valence-corrected chi connectivity index (χ4v) is 4.27. The Kier molecular flexibility index (Phi) is 3.58. The van der Waals surface area contributed by atoms with Gasteiger partial charge in [-0.3, -0.25) is 4.99 Å². The zero-order chi connectivity index (χ0) is 17.8. The third-order valence-electron chi connectivity index (χ3n) is 5.09. The Bertz CT molecular complexity index is 1050. The van der Waals surface area contributed by atoms with Gasteiger partial charge in [0.2, 0.25) is 0 Å². The molecule has 2 aliphatic rings. The minimum atomic E-state index is -2.85. The monoisotopic (exact) mass is 373 g/mol. The van der Waals surface area contributed by atoms with Crippen LogP contribution in [0.3, 0.4) is 0 Å². The molecule has 3 aromatic rings. The van der Waals surface area contributed by atoms with E-state index in [-0.39, 0.29) is 18.7 Å². The number of nitrogens with zero attached hydrogens (tertiary/aromatic N) is 3. The standard InChI is InChI=1S/C19H14ClF2N3O/c20-12-6-5-10-8-23-14-7-16(17(10)11(12)9-26-19(21)22)25-15-4-2-1-3-13(15)24-18(14)25/h1-6,8,14,16,19H,7,9H2/t14-,16-/m1/s1. The van der Waals surface area contributed by atoms with Gasteiger partial charge in [-0.25, -0.2) is 4.98 Å². The first-order valence-electron chi connectivity index (χ1n) is 8.34. The van der Waals surface area contributed by atoms with Crippen LogP contribution in [0.25, 0.3) is 11.0 Å². The smallest absolute Gasteiger partial charge is 0.318 e. The van der Waals surface area contributed by atoms with E-state index in [1.807, 2.05) is 30.3 Å². The summed E-state index contributed by atoms with van der Waals surface area (Å²) in [6.45, 7) is -3.08. The van der Waals surface area contributed by atoms with Crippen molar-refractivity contribution < 1.29 is 13.5 Å². The normalized spacial score (nSPS) is 20.5. The van der Waals surface area contributed by atoms with Gasteiger partial charge in [0.05, 0.1) is 23.7 Å². The maximum absolute atomic E-state index is 12.6. The number of halogens is 3. The van der Waals surface area contributed by atoms with Gasteiger partial charge in [-0.1, -0.05) is 29.8 Å². The van der Waals surface area contributed by atoms with Gasteiger partial charge >= 0.3 is 6.61 Å². The Hall–Kier alpha value is -2.31. The predicted molar refractivity (Wildman–Crippen MR) is 95.1 cm³/mol. The lowest BCUT2D eigenvalue weighted by Crippen LogP contribution is -2.13. The van der Waals surface area contributed by atoms with E-state index in [4.69, 9.17) is 16.6 Å². The molecule has 0 N–H and O–H groups in total. The van der Waals surface area contributed by atoms with Crippen LogP contribution in [-0.4, -0.2) is 22.4 Å². The molecule has 5 rings (SSSR count). The molecule has 0 amide bonds. The largest absolute Gasteiger partial charge is 0.345 e. The summed E-state index contributed by atoms with van der Waals surface area (Å²) in [6.07, 6.45) is 2.53. The maximum Gasteiger partial charge on any atom is 0.345 e. The molecule has 2 atom stereocenters. The molecule has 26 heavy (non-hydrogen) atoms. The molecular formula is C19H14ClF2N3O. The number of benzene rings is 2. The summed E-state index contributed by atoms with van der Waals surface area (Å²) in [5.41, 5.74) is 4.29. The van der Waals surface area contributed by atoms with Gasteiger partial charge in [0.25, 0.3) is 0 Å². The quantitative estimate of drug-likeness (QED) is 0.655. The molecule has 132 valence electrons. The average Bonchev–Trinajstić information content (AvgIpc) is 3.09. The Morgan fingerprint density at radius 3 is 2.92 bits per heavy atom. The van der Waals surface area contributed by atoms with Crippen molar-refractivity contribution in [2.75, 3.05) is 0 Å². The molecule has 0 fully saturated rings. The SMILES string of the molecule is FC(F)OCc1c(Cl)ccc2c1[C@H]1C[C@@H](N=C2)c2nc3ccccc3n21. The number of aliphatic imine (C=N–C) groups is 1. The van der Waals surface area contributed by atoms with Crippen molar-refractivity contribution in [2.45, 2.75) is 31.7 Å². The lowest BCUT2D eigenvalue weighted by molar-refractivity contribution is -0.137. The lowest BCUT2D eigenvalue weighted by Gasteiger charge is -2.21. The van der Waals surface area contributed by atoms with Gasteiger partial charge in [0, 0.05) is 23.2 Å². The van der Waals surface area contributed by atoms with Crippen LogP contribution in [0.1, 0.15) is 41.0 Å². The van der Waals surface area contributed by atoms with Crippen LogP contribution >= 0.6 is 11.6 Å². The lowest BCUT2D eigenvalue weighted by atomic mass is 9.94. The number of fused-ring (bicyclic) bond motifs is 9. The van der Waals surface area contributed by atoms with Crippen LogP contribution in [-0.2, 0) is 11.3 Å². The van der Waals surface area contributed by atoms with E-state index in [1.54, 1.807) is 12.3 Å². The van der Waals surface area contributed by atoms with Crippen LogP contribution in [0.4, 0.5) is 8.78 Å². The third-order valence-corrected chi connectivity index (χ3v) is 5.45. The molecule has 2 aromatic carbocycles. The number of hydrogen-bond acceptors (Lipinski definition) is 3. The molecule has 0 radical (unpaired) electrons. The first-order chi connectivity index (χ1) is 12.6. The zero-order valence-corrected chi connectivity index (χ0v) is 14.3. The van der Waals surface area contributed by atoms with Gasteiger partial charge in [0.1, 0.15) is 11.9 Å². The van der Waals surface area contributed by atoms with Crippen LogP contribution in [0.2, 0.25) is 5.02 Å². The van der Waals surface area contributed by atoms with Crippen LogP contribution in [0.15, 0.2) is 41.4 Å². The molecule has 0 aliphatic carbocycles. The fraction of sp³-hybridized carbons (Fsp3) is 0.263. The molecule has 1 aromatic heterocycles. The van der Waals surface area contributed by atoms with Gasteiger partial charge in [-0.15, -0.1) is 0 Å². The van der Waals surface area contributed by atoms with E-state index < -0.39 is 6.61 Å². The van der Waals surface area contributed by atoms with E-state index >= 15 is 0 Å². The molecule has 0 saturated carbocycles. The zero-order valence-electron chi connectivity index (χ0n) is 13.6. The highest BCUT2D eigenvalue weighted by Crippen LogP contribution is 2.47. The minimum Gasteiger partial charge on any atom is -0.318 e. The van der Waals surface area contributed by atoms with Crippen molar-refractivity contribution in [1.29, 1.82) is 0 Å². The number of hydrogen-bond donors (Lipinski definition) is 0. The summed E-state index contributed by atoms with van der Waals surface area (Å²) < 4.78 is 32.0. The van der Waals surface area contributed by atoms with Gasteiger partial charge in [-0.05, 0) is 29.3 Å². The second kappa shape index (κ2) is 5.86. The molecule has 0 spiro atoms. The topological polar surface area (TPSA) is 39.4 Å². The van der Waals surface area contributed by atoms with E-state index in [2.05, 4.69) is 14.3 Å². The highest BCUT2D eigenvalue weighted by molar-refractivity contribution is 6.31. The van der Waals surface area contributed by atoms with Crippen LogP contribution in [0, 0.1) is 0 Å². The fourth-order valence-electron chi connectivity index (χ4n) is 4.05. The number of ether oxygens (including phenoxy) is 1. The Balaban J connectivity index is 1.74. The van der Waals surface area contributed by atoms with Crippen molar-refractivity contribution in [3.63, 3.8) is 0 Å². The average molecular weight is 374 g/mol. The number of imidazole rings is 1. The minimum absolute atomic E-state index is 0.0533. The second-order valence-corrected chi connectivity index (χ2v) is 6.88. The molecular weight excluding hydrogens is 360 g/mol. The van der Waals surface area contributed by atoms with Crippen LogP contribution < -0.4 is 0 Å². The summed E-state index contributed by atoms with van der Waals surface area (Å²) in [4.78, 5) is 9.43. The molecule has 7 heteroatoms. The summed E-state index contributed by atoms with van der Waals surface area (Å²) in [5.74, 6) is 0.902. The van der Waals surface area contributed by atoms with Gasteiger partial charge in [0.15, 0.2) is 0 Å². The van der Waals surface area contributed by atoms with Gasteiger partial charge < -0.3 is 9.30 Å². The van der Waals surface area contributed by atoms with E-state index in [9.17, 15) is 8.78 Å². The second-order valence-electron chi connectivity index (χ2n) is 6.47. The maximum atomic E-state index is 12.6.